The molecular weight excluding hydrogens is 348 g/mol. The number of ether oxygens (including phenoxy) is 2. The highest BCUT2D eigenvalue weighted by Gasteiger charge is 2.06. The molecule has 0 unspecified atom stereocenters. The summed E-state index contributed by atoms with van der Waals surface area (Å²) in [6, 6.07) is 14.0. The van der Waals surface area contributed by atoms with Crippen molar-refractivity contribution < 1.29 is 14.3 Å². The summed E-state index contributed by atoms with van der Waals surface area (Å²) in [6.45, 7) is 0.226. The molecule has 0 fully saturated rings. The Morgan fingerprint density at radius 3 is 2.78 bits per heavy atom. The third kappa shape index (κ3) is 4.82. The van der Waals surface area contributed by atoms with Gasteiger partial charge in [0.15, 0.2) is 0 Å². The molecule has 0 saturated heterocycles. The molecule has 0 spiro atoms. The highest BCUT2D eigenvalue weighted by Crippen LogP contribution is 2.18. The Morgan fingerprint density at radius 2 is 2.04 bits per heavy atom. The predicted molar refractivity (Wildman–Crippen MR) is 99.0 cm³/mol. The van der Waals surface area contributed by atoms with Gasteiger partial charge in [0, 0.05) is 5.56 Å². The van der Waals surface area contributed by atoms with E-state index in [1.807, 2.05) is 36.4 Å². The Balaban J connectivity index is 1.66. The summed E-state index contributed by atoms with van der Waals surface area (Å²) in [6.07, 6.45) is 3.24. The van der Waals surface area contributed by atoms with Crippen LogP contribution in [0.3, 0.4) is 0 Å². The minimum absolute atomic E-state index is 0.226. The van der Waals surface area contributed by atoms with Gasteiger partial charge >= 0.3 is 6.03 Å². The number of rotatable bonds is 7. The third-order valence-electron chi connectivity index (χ3n) is 3.55. The Bertz CT molecular complexity index is 936. The first kappa shape index (κ1) is 17.9. The highest BCUT2D eigenvalue weighted by molar-refractivity contribution is 5.84. The monoisotopic (exact) mass is 366 g/mol. The number of hydrogen-bond acceptors (Lipinski definition) is 6. The van der Waals surface area contributed by atoms with Crippen molar-refractivity contribution in [1.82, 2.24) is 20.4 Å². The lowest BCUT2D eigenvalue weighted by atomic mass is 10.2. The van der Waals surface area contributed by atoms with Crippen molar-refractivity contribution in [3.05, 3.63) is 66.0 Å². The summed E-state index contributed by atoms with van der Waals surface area (Å²) in [4.78, 5) is 10.7. The van der Waals surface area contributed by atoms with E-state index in [1.165, 1.54) is 6.21 Å². The molecule has 0 atom stereocenters. The van der Waals surface area contributed by atoms with Gasteiger partial charge in [-0.1, -0.05) is 17.3 Å². The molecule has 27 heavy (non-hydrogen) atoms. The first-order valence-corrected chi connectivity index (χ1v) is 8.01. The van der Waals surface area contributed by atoms with Crippen LogP contribution in [0.25, 0.3) is 5.69 Å². The molecule has 3 rings (SSSR count). The summed E-state index contributed by atoms with van der Waals surface area (Å²) in [5.41, 5.74) is 9.33. The third-order valence-corrected chi connectivity index (χ3v) is 3.55. The molecule has 0 radical (unpaired) electrons. The lowest BCUT2D eigenvalue weighted by Gasteiger charge is -2.07. The molecule has 2 aromatic carbocycles. The van der Waals surface area contributed by atoms with Crippen LogP contribution in [-0.4, -0.2) is 34.3 Å². The largest absolute Gasteiger partial charge is 0.497 e. The average Bonchev–Trinajstić information content (AvgIpc) is 3.16. The van der Waals surface area contributed by atoms with Crippen LogP contribution in [0.4, 0.5) is 4.79 Å². The molecule has 0 aliphatic carbocycles. The predicted octanol–water partition coefficient (Wildman–Crippen LogP) is 1.86. The molecular formula is C18H18N6O3. The van der Waals surface area contributed by atoms with Gasteiger partial charge in [0.05, 0.1) is 25.2 Å². The van der Waals surface area contributed by atoms with Crippen LogP contribution in [0.2, 0.25) is 0 Å². The number of nitrogens with one attached hydrogen (secondary N) is 1. The molecule has 1 heterocycles. The zero-order valence-electron chi connectivity index (χ0n) is 14.6. The number of para-hydroxylation sites is 1. The summed E-state index contributed by atoms with van der Waals surface area (Å²) in [5, 5.41) is 12.0. The number of primary amides is 1. The SMILES string of the molecule is COc1ccc(-n2cc(COc3ccccc3/C=N/NC(N)=O)nn2)cc1. The molecule has 9 nitrogen and oxygen atoms in total. The van der Waals surface area contributed by atoms with Gasteiger partial charge in [-0.05, 0) is 36.4 Å². The van der Waals surface area contributed by atoms with E-state index in [0.717, 1.165) is 11.4 Å². The molecule has 0 aliphatic rings. The Labute approximate surface area is 155 Å². The maximum atomic E-state index is 10.7. The molecule has 2 amide bonds. The number of nitrogens with zero attached hydrogens (tertiary/aromatic N) is 4. The second-order valence-electron chi connectivity index (χ2n) is 5.41. The lowest BCUT2D eigenvalue weighted by molar-refractivity contribution is 0.249. The molecule has 0 aliphatic heterocycles. The maximum Gasteiger partial charge on any atom is 0.332 e. The molecule has 0 bridgehead atoms. The van der Waals surface area contributed by atoms with E-state index in [1.54, 1.807) is 30.1 Å². The van der Waals surface area contributed by atoms with Crippen LogP contribution >= 0.6 is 0 Å². The molecule has 1 aromatic heterocycles. The number of carbonyl (C=O) groups excluding carboxylic acids is 1. The fourth-order valence-electron chi connectivity index (χ4n) is 2.26. The van der Waals surface area contributed by atoms with Crippen LogP contribution < -0.4 is 20.6 Å². The number of amides is 2. The van der Waals surface area contributed by atoms with Gasteiger partial charge in [-0.25, -0.2) is 14.9 Å². The van der Waals surface area contributed by atoms with E-state index in [9.17, 15) is 4.79 Å². The second kappa shape index (κ2) is 8.48. The summed E-state index contributed by atoms with van der Waals surface area (Å²) in [5.74, 6) is 1.36. The zero-order chi connectivity index (χ0) is 19.1. The van der Waals surface area contributed by atoms with Crippen molar-refractivity contribution in [1.29, 1.82) is 0 Å². The van der Waals surface area contributed by atoms with Crippen LogP contribution in [-0.2, 0) is 6.61 Å². The minimum Gasteiger partial charge on any atom is -0.497 e. The van der Waals surface area contributed by atoms with Gasteiger partial charge in [0.1, 0.15) is 23.8 Å². The first-order valence-electron chi connectivity index (χ1n) is 8.01. The van der Waals surface area contributed by atoms with Crippen molar-refractivity contribution in [2.75, 3.05) is 7.11 Å². The Hall–Kier alpha value is -3.88. The molecule has 3 aromatic rings. The number of hydrogen-bond donors (Lipinski definition) is 2. The smallest absolute Gasteiger partial charge is 0.332 e. The van der Waals surface area contributed by atoms with Gasteiger partial charge in [-0.3, -0.25) is 0 Å². The average molecular weight is 366 g/mol. The van der Waals surface area contributed by atoms with E-state index in [4.69, 9.17) is 15.2 Å². The lowest BCUT2D eigenvalue weighted by Crippen LogP contribution is -2.24. The number of carbonyl (C=O) groups is 1. The maximum absolute atomic E-state index is 10.7. The van der Waals surface area contributed by atoms with Crippen molar-refractivity contribution in [2.24, 2.45) is 10.8 Å². The van der Waals surface area contributed by atoms with Crippen LogP contribution in [0.1, 0.15) is 11.3 Å². The minimum atomic E-state index is -0.736. The van der Waals surface area contributed by atoms with Gasteiger partial charge < -0.3 is 15.2 Å². The number of aromatic nitrogens is 3. The van der Waals surface area contributed by atoms with Crippen LogP contribution in [0, 0.1) is 0 Å². The number of methoxy groups -OCH3 is 1. The molecule has 0 saturated carbocycles. The van der Waals surface area contributed by atoms with Crippen LogP contribution in [0.15, 0.2) is 59.8 Å². The van der Waals surface area contributed by atoms with Crippen molar-refractivity contribution >= 4 is 12.2 Å². The topological polar surface area (TPSA) is 117 Å². The fourth-order valence-corrected chi connectivity index (χ4v) is 2.26. The van der Waals surface area contributed by atoms with E-state index in [2.05, 4.69) is 20.8 Å². The summed E-state index contributed by atoms with van der Waals surface area (Å²) in [7, 11) is 1.62. The van der Waals surface area contributed by atoms with Gasteiger partial charge in [0.25, 0.3) is 0 Å². The van der Waals surface area contributed by atoms with Crippen molar-refractivity contribution in [3.8, 4) is 17.2 Å². The fraction of sp³-hybridized carbons (Fsp3) is 0.111. The van der Waals surface area contributed by atoms with Crippen molar-refractivity contribution in [2.45, 2.75) is 6.61 Å². The van der Waals surface area contributed by atoms with Gasteiger partial charge in [-0.15, -0.1) is 5.10 Å². The number of nitrogens with two attached hydrogens (primary N) is 1. The normalized spacial score (nSPS) is 10.7. The van der Waals surface area contributed by atoms with Gasteiger partial charge in [0.2, 0.25) is 0 Å². The summed E-state index contributed by atoms with van der Waals surface area (Å²) < 4.78 is 12.6. The Morgan fingerprint density at radius 1 is 1.26 bits per heavy atom. The quantitative estimate of drug-likeness (QED) is 0.489. The van der Waals surface area contributed by atoms with E-state index in [0.29, 0.717) is 17.0 Å². The molecule has 3 N–H and O–H groups in total. The number of urea groups is 1. The zero-order valence-corrected chi connectivity index (χ0v) is 14.6. The van der Waals surface area contributed by atoms with E-state index >= 15 is 0 Å². The number of benzene rings is 2. The Kier molecular flexibility index (Phi) is 5.63. The highest BCUT2D eigenvalue weighted by atomic mass is 16.5. The van der Waals surface area contributed by atoms with E-state index < -0.39 is 6.03 Å². The molecule has 9 heteroatoms. The van der Waals surface area contributed by atoms with Crippen LogP contribution in [0.5, 0.6) is 11.5 Å². The van der Waals surface area contributed by atoms with E-state index in [-0.39, 0.29) is 6.61 Å². The number of hydrazone groups is 1. The molecule has 138 valence electrons. The van der Waals surface area contributed by atoms with Gasteiger partial charge in [-0.2, -0.15) is 5.10 Å². The first-order chi connectivity index (χ1) is 13.2. The van der Waals surface area contributed by atoms with Crippen molar-refractivity contribution in [3.63, 3.8) is 0 Å². The second-order valence-corrected chi connectivity index (χ2v) is 5.41. The summed E-state index contributed by atoms with van der Waals surface area (Å²) >= 11 is 0. The standard InChI is InChI=1S/C18H18N6O3/c1-26-16-8-6-15(7-9-16)24-11-14(21-23-24)12-27-17-5-3-2-4-13(17)10-20-22-18(19)25/h2-11H,12H2,1H3,(H3,19,22,25)/b20-10+.